The van der Waals surface area contributed by atoms with Gasteiger partial charge in [-0.15, -0.1) is 0 Å². The van der Waals surface area contributed by atoms with Gasteiger partial charge < -0.3 is 10.6 Å². The molecule has 36 heavy (non-hydrogen) atoms. The summed E-state index contributed by atoms with van der Waals surface area (Å²) in [6, 6.07) is 18.9. The number of hydrogen-bond acceptors (Lipinski definition) is 6. The number of nitrogens with zero attached hydrogens (tertiary/aromatic N) is 6. The molecule has 5 aromatic rings. The zero-order valence-corrected chi connectivity index (χ0v) is 19.8. The summed E-state index contributed by atoms with van der Waals surface area (Å²) in [5.74, 6) is 0.0405. The standard InChI is InChI=1S/C28H24FN7/c1-35-27-20(16-32-35)3-2-4-22(27)17-7-8-25-23(13-17)26(18-5-6-19(15-30)24(29)14-18)34-28(33-25)36-11-9-21(31)10-12-36/h2-8,13-14,16,21H,9-12,31H2,1H3. The van der Waals surface area contributed by atoms with E-state index in [1.54, 1.807) is 6.07 Å². The summed E-state index contributed by atoms with van der Waals surface area (Å²) >= 11 is 0. The third-order valence-corrected chi connectivity index (χ3v) is 6.94. The maximum absolute atomic E-state index is 14.7. The predicted octanol–water partition coefficient (Wildman–Crippen LogP) is 4.79. The largest absolute Gasteiger partial charge is 0.341 e. The van der Waals surface area contributed by atoms with E-state index in [-0.39, 0.29) is 11.6 Å². The molecule has 8 heteroatoms. The lowest BCUT2D eigenvalue weighted by atomic mass is 9.98. The van der Waals surface area contributed by atoms with Gasteiger partial charge >= 0.3 is 0 Å². The van der Waals surface area contributed by atoms with Gasteiger partial charge in [-0.25, -0.2) is 14.4 Å². The van der Waals surface area contributed by atoms with Crippen LogP contribution in [0.25, 0.3) is 44.2 Å². The Morgan fingerprint density at radius 2 is 1.83 bits per heavy atom. The highest BCUT2D eigenvalue weighted by molar-refractivity contribution is 6.00. The number of nitrogens with two attached hydrogens (primary N) is 1. The minimum Gasteiger partial charge on any atom is -0.341 e. The third kappa shape index (κ3) is 3.74. The van der Waals surface area contributed by atoms with Crippen molar-refractivity contribution >= 4 is 27.8 Å². The Kier molecular flexibility index (Phi) is 5.35. The van der Waals surface area contributed by atoms with E-state index in [4.69, 9.17) is 15.7 Å². The summed E-state index contributed by atoms with van der Waals surface area (Å²) in [5, 5.41) is 15.5. The molecule has 0 radical (unpaired) electrons. The van der Waals surface area contributed by atoms with Crippen LogP contribution in [-0.4, -0.2) is 38.9 Å². The smallest absolute Gasteiger partial charge is 0.226 e. The molecule has 2 N–H and O–H groups in total. The molecular weight excluding hydrogens is 453 g/mol. The number of hydrogen-bond donors (Lipinski definition) is 1. The third-order valence-electron chi connectivity index (χ3n) is 6.94. The first kappa shape index (κ1) is 22.1. The van der Waals surface area contributed by atoms with Crippen LogP contribution in [0.1, 0.15) is 18.4 Å². The van der Waals surface area contributed by atoms with E-state index in [0.717, 1.165) is 58.9 Å². The number of aromatic nitrogens is 4. The molecule has 0 spiro atoms. The van der Waals surface area contributed by atoms with Crippen molar-refractivity contribution in [2.45, 2.75) is 18.9 Å². The zero-order valence-electron chi connectivity index (χ0n) is 19.8. The monoisotopic (exact) mass is 477 g/mol. The van der Waals surface area contributed by atoms with Crippen molar-refractivity contribution < 1.29 is 4.39 Å². The molecule has 1 aliphatic heterocycles. The first-order valence-corrected chi connectivity index (χ1v) is 12.0. The van der Waals surface area contributed by atoms with Gasteiger partial charge in [-0.1, -0.05) is 30.3 Å². The maximum Gasteiger partial charge on any atom is 0.226 e. The number of piperidine rings is 1. The Hall–Kier alpha value is -4.35. The van der Waals surface area contributed by atoms with Crippen molar-refractivity contribution in [2.75, 3.05) is 18.0 Å². The number of nitriles is 1. The molecule has 0 unspecified atom stereocenters. The Labute approximate surface area is 207 Å². The Morgan fingerprint density at radius 3 is 2.61 bits per heavy atom. The number of halogens is 1. The summed E-state index contributed by atoms with van der Waals surface area (Å²) in [6.07, 6.45) is 3.59. The summed E-state index contributed by atoms with van der Waals surface area (Å²) in [4.78, 5) is 11.9. The second-order valence-electron chi connectivity index (χ2n) is 9.25. The van der Waals surface area contributed by atoms with Crippen LogP contribution < -0.4 is 10.6 Å². The molecule has 0 atom stereocenters. The number of fused-ring (bicyclic) bond motifs is 2. The van der Waals surface area contributed by atoms with E-state index < -0.39 is 5.82 Å². The van der Waals surface area contributed by atoms with E-state index in [1.807, 2.05) is 42.2 Å². The van der Waals surface area contributed by atoms with Gasteiger partial charge in [0.15, 0.2) is 0 Å². The van der Waals surface area contributed by atoms with Crippen molar-refractivity contribution in [1.29, 1.82) is 5.26 Å². The summed E-state index contributed by atoms with van der Waals surface area (Å²) in [7, 11) is 1.93. The fourth-order valence-electron chi connectivity index (χ4n) is 4.96. The highest BCUT2D eigenvalue weighted by atomic mass is 19.1. The second kappa shape index (κ2) is 8.70. The van der Waals surface area contributed by atoms with Crippen LogP contribution in [0.3, 0.4) is 0 Å². The molecule has 0 saturated carbocycles. The van der Waals surface area contributed by atoms with Crippen molar-refractivity contribution in [3.8, 4) is 28.5 Å². The maximum atomic E-state index is 14.7. The highest BCUT2D eigenvalue weighted by Gasteiger charge is 2.21. The first-order valence-electron chi connectivity index (χ1n) is 12.0. The first-order chi connectivity index (χ1) is 17.5. The molecule has 1 saturated heterocycles. The molecule has 7 nitrogen and oxygen atoms in total. The minimum atomic E-state index is -0.567. The van der Waals surface area contributed by atoms with Crippen LogP contribution in [0.5, 0.6) is 0 Å². The number of aryl methyl sites for hydroxylation is 1. The fraction of sp³-hybridized carbons (Fsp3) is 0.214. The molecule has 1 aliphatic rings. The lowest BCUT2D eigenvalue weighted by Crippen LogP contribution is -2.40. The predicted molar refractivity (Wildman–Crippen MR) is 139 cm³/mol. The van der Waals surface area contributed by atoms with Crippen LogP contribution in [-0.2, 0) is 7.05 Å². The van der Waals surface area contributed by atoms with Crippen molar-refractivity contribution in [2.24, 2.45) is 12.8 Å². The van der Waals surface area contributed by atoms with Crippen molar-refractivity contribution in [3.63, 3.8) is 0 Å². The SMILES string of the molecule is Cn1ncc2cccc(-c3ccc4nc(N5CCC(N)CC5)nc(-c5ccc(C#N)c(F)c5)c4c3)c21. The fourth-order valence-corrected chi connectivity index (χ4v) is 4.96. The molecular formula is C28H24FN7. The lowest BCUT2D eigenvalue weighted by molar-refractivity contribution is 0.496. The van der Waals surface area contributed by atoms with Gasteiger partial charge in [0, 0.05) is 48.1 Å². The number of para-hydroxylation sites is 1. The normalized spacial score (nSPS) is 14.4. The molecule has 6 rings (SSSR count). The summed E-state index contributed by atoms with van der Waals surface area (Å²) in [5.41, 5.74) is 11.2. The average molecular weight is 478 g/mol. The summed E-state index contributed by atoms with van der Waals surface area (Å²) in [6.45, 7) is 1.54. The molecule has 0 amide bonds. The van der Waals surface area contributed by atoms with Gasteiger partial charge in [-0.2, -0.15) is 10.4 Å². The van der Waals surface area contributed by atoms with E-state index in [0.29, 0.717) is 17.2 Å². The van der Waals surface area contributed by atoms with Gasteiger partial charge in [0.1, 0.15) is 11.9 Å². The van der Waals surface area contributed by atoms with Crippen LogP contribution in [0.15, 0.2) is 60.8 Å². The van der Waals surface area contributed by atoms with Crippen LogP contribution in [0, 0.1) is 17.1 Å². The van der Waals surface area contributed by atoms with Gasteiger partial charge in [-0.3, -0.25) is 4.68 Å². The van der Waals surface area contributed by atoms with Crippen LogP contribution in [0.2, 0.25) is 0 Å². The molecule has 3 aromatic carbocycles. The summed E-state index contributed by atoms with van der Waals surface area (Å²) < 4.78 is 16.5. The van der Waals surface area contributed by atoms with E-state index >= 15 is 0 Å². The Bertz CT molecular complexity index is 1660. The van der Waals surface area contributed by atoms with E-state index in [1.165, 1.54) is 12.1 Å². The second-order valence-corrected chi connectivity index (χ2v) is 9.25. The highest BCUT2D eigenvalue weighted by Crippen LogP contribution is 2.35. The van der Waals surface area contributed by atoms with Gasteiger partial charge in [0.05, 0.1) is 28.5 Å². The lowest BCUT2D eigenvalue weighted by Gasteiger charge is -2.30. The molecule has 2 aromatic heterocycles. The quantitative estimate of drug-likeness (QED) is 0.401. The van der Waals surface area contributed by atoms with Crippen LogP contribution in [0.4, 0.5) is 10.3 Å². The topological polar surface area (TPSA) is 96.7 Å². The minimum absolute atomic E-state index is 0.00549. The van der Waals surface area contributed by atoms with Gasteiger partial charge in [0.2, 0.25) is 5.95 Å². The van der Waals surface area contributed by atoms with E-state index in [9.17, 15) is 9.65 Å². The molecule has 1 fully saturated rings. The molecule has 0 aliphatic carbocycles. The van der Waals surface area contributed by atoms with Crippen LogP contribution >= 0.6 is 0 Å². The zero-order chi connectivity index (χ0) is 24.8. The Morgan fingerprint density at radius 1 is 1.03 bits per heavy atom. The Balaban J connectivity index is 1.57. The molecule has 3 heterocycles. The number of anilines is 1. The average Bonchev–Trinajstić information content (AvgIpc) is 3.29. The van der Waals surface area contributed by atoms with E-state index in [2.05, 4.69) is 28.2 Å². The molecule has 178 valence electrons. The van der Waals surface area contributed by atoms with Gasteiger partial charge in [-0.05, 0) is 42.7 Å². The number of benzene rings is 3. The van der Waals surface area contributed by atoms with Crippen molar-refractivity contribution in [1.82, 2.24) is 19.7 Å². The van der Waals surface area contributed by atoms with Gasteiger partial charge in [0.25, 0.3) is 0 Å². The van der Waals surface area contributed by atoms with Crippen molar-refractivity contribution in [3.05, 3.63) is 72.2 Å². The molecule has 0 bridgehead atoms. The number of rotatable bonds is 3.